The van der Waals surface area contributed by atoms with E-state index in [-0.39, 0.29) is 30.2 Å². The van der Waals surface area contributed by atoms with Gasteiger partial charge < -0.3 is 14.9 Å². The summed E-state index contributed by atoms with van der Waals surface area (Å²) in [5.74, 6) is -1.41. The maximum atomic E-state index is 13.3. The van der Waals surface area contributed by atoms with Crippen LogP contribution in [0.2, 0.25) is 0 Å². The minimum Gasteiger partial charge on any atom is -0.481 e. The average molecular weight is 372 g/mol. The molecule has 146 valence electrons. The molecule has 1 saturated heterocycles. The fourth-order valence-corrected chi connectivity index (χ4v) is 4.15. The van der Waals surface area contributed by atoms with Crippen LogP contribution in [-0.2, 0) is 27.3 Å². The van der Waals surface area contributed by atoms with Crippen LogP contribution in [0.1, 0.15) is 38.3 Å². The van der Waals surface area contributed by atoms with Crippen molar-refractivity contribution in [2.24, 2.45) is 17.8 Å². The Bertz CT molecular complexity index is 745. The van der Waals surface area contributed by atoms with Gasteiger partial charge in [-0.3, -0.25) is 14.4 Å². The van der Waals surface area contributed by atoms with E-state index in [1.807, 2.05) is 45.0 Å². The molecule has 2 aliphatic heterocycles. The van der Waals surface area contributed by atoms with E-state index in [1.165, 1.54) is 0 Å². The summed E-state index contributed by atoms with van der Waals surface area (Å²) in [6.07, 6.45) is 0.890. The van der Waals surface area contributed by atoms with Gasteiger partial charge in [-0.15, -0.1) is 0 Å². The molecule has 6 heteroatoms. The molecule has 2 heterocycles. The molecule has 27 heavy (non-hydrogen) atoms. The third kappa shape index (κ3) is 3.99. The van der Waals surface area contributed by atoms with E-state index in [9.17, 15) is 19.5 Å². The van der Waals surface area contributed by atoms with Crippen LogP contribution in [0, 0.1) is 17.8 Å². The summed E-state index contributed by atoms with van der Waals surface area (Å²) in [6, 6.07) is 7.36. The maximum absolute atomic E-state index is 13.3. The van der Waals surface area contributed by atoms with Gasteiger partial charge in [0.05, 0.1) is 5.92 Å². The summed E-state index contributed by atoms with van der Waals surface area (Å²) >= 11 is 0. The Kier molecular flexibility index (Phi) is 5.53. The quantitative estimate of drug-likeness (QED) is 0.879. The number of carboxylic acids is 1. The monoisotopic (exact) mass is 372 g/mol. The van der Waals surface area contributed by atoms with Crippen LogP contribution in [-0.4, -0.2) is 51.8 Å². The predicted octanol–water partition coefficient (Wildman–Crippen LogP) is 2.17. The van der Waals surface area contributed by atoms with Crippen LogP contribution in [0.15, 0.2) is 24.3 Å². The first-order valence-electron chi connectivity index (χ1n) is 9.65. The number of hydrogen-bond donors (Lipinski definition) is 1. The van der Waals surface area contributed by atoms with Crippen molar-refractivity contribution in [1.82, 2.24) is 9.80 Å². The Balaban J connectivity index is 1.85. The number of carboxylic acid groups (broad SMARTS) is 1. The highest BCUT2D eigenvalue weighted by Crippen LogP contribution is 2.29. The van der Waals surface area contributed by atoms with Crippen LogP contribution in [0.3, 0.4) is 0 Å². The molecule has 1 unspecified atom stereocenters. The Morgan fingerprint density at radius 3 is 2.41 bits per heavy atom. The van der Waals surface area contributed by atoms with Gasteiger partial charge in [-0.2, -0.15) is 0 Å². The molecule has 0 saturated carbocycles. The minimum absolute atomic E-state index is 0.0140. The van der Waals surface area contributed by atoms with Crippen LogP contribution in [0.4, 0.5) is 0 Å². The molecule has 0 bridgehead atoms. The zero-order valence-electron chi connectivity index (χ0n) is 16.2. The number of aliphatic carboxylic acids is 1. The SMILES string of the molecule is CC(C)CC(=O)N1Cc2ccccc2CC1C(=O)N1C[C@@H](C)[C@H](C(=O)O)C1. The predicted molar refractivity (Wildman–Crippen MR) is 101 cm³/mol. The van der Waals surface area contributed by atoms with E-state index in [4.69, 9.17) is 0 Å². The van der Waals surface area contributed by atoms with Crippen LogP contribution >= 0.6 is 0 Å². The number of likely N-dealkylation sites (tertiary alicyclic amines) is 1. The van der Waals surface area contributed by atoms with Crippen molar-refractivity contribution >= 4 is 17.8 Å². The van der Waals surface area contributed by atoms with Crippen molar-refractivity contribution in [3.8, 4) is 0 Å². The number of amides is 2. The molecule has 1 aromatic rings. The molecule has 1 aromatic carbocycles. The van der Waals surface area contributed by atoms with Gasteiger partial charge in [-0.25, -0.2) is 0 Å². The number of benzene rings is 1. The molecule has 0 aliphatic carbocycles. The van der Waals surface area contributed by atoms with Crippen LogP contribution in [0.5, 0.6) is 0 Å². The Labute approximate surface area is 160 Å². The Morgan fingerprint density at radius 2 is 1.81 bits per heavy atom. The summed E-state index contributed by atoms with van der Waals surface area (Å²) in [6.45, 7) is 6.94. The minimum atomic E-state index is -0.862. The maximum Gasteiger partial charge on any atom is 0.308 e. The summed E-state index contributed by atoms with van der Waals surface area (Å²) in [4.78, 5) is 40.9. The van der Waals surface area contributed by atoms with E-state index in [1.54, 1.807) is 9.80 Å². The lowest BCUT2D eigenvalue weighted by molar-refractivity contribution is -0.147. The first kappa shape index (κ1) is 19.4. The molecule has 0 aromatic heterocycles. The molecule has 3 rings (SSSR count). The molecule has 0 spiro atoms. The number of carbonyl (C=O) groups excluding carboxylic acids is 2. The second kappa shape index (κ2) is 7.71. The van der Waals surface area contributed by atoms with Gasteiger partial charge >= 0.3 is 5.97 Å². The van der Waals surface area contributed by atoms with Crippen molar-refractivity contribution in [2.75, 3.05) is 13.1 Å². The van der Waals surface area contributed by atoms with Gasteiger partial charge in [0.1, 0.15) is 6.04 Å². The van der Waals surface area contributed by atoms with Crippen molar-refractivity contribution in [3.63, 3.8) is 0 Å². The topological polar surface area (TPSA) is 77.9 Å². The largest absolute Gasteiger partial charge is 0.481 e. The van der Waals surface area contributed by atoms with Crippen molar-refractivity contribution in [2.45, 2.75) is 46.2 Å². The Morgan fingerprint density at radius 1 is 1.15 bits per heavy atom. The van der Waals surface area contributed by atoms with E-state index < -0.39 is 17.9 Å². The standard InChI is InChI=1S/C21H28N2O4/c1-13(2)8-19(24)23-11-16-7-5-4-6-15(16)9-18(23)20(25)22-10-14(3)17(12-22)21(26)27/h4-7,13-14,17-18H,8-12H2,1-3H3,(H,26,27)/t14-,17-,18?/m1/s1. The molecule has 3 atom stereocenters. The summed E-state index contributed by atoms with van der Waals surface area (Å²) in [7, 11) is 0. The van der Waals surface area contributed by atoms with Gasteiger partial charge in [0.15, 0.2) is 0 Å². The van der Waals surface area contributed by atoms with E-state index in [0.717, 1.165) is 11.1 Å². The first-order valence-corrected chi connectivity index (χ1v) is 9.65. The highest BCUT2D eigenvalue weighted by Gasteiger charge is 2.42. The van der Waals surface area contributed by atoms with Crippen molar-refractivity contribution in [1.29, 1.82) is 0 Å². The number of rotatable bonds is 4. The molecule has 2 aliphatic rings. The summed E-state index contributed by atoms with van der Waals surface area (Å²) in [5, 5.41) is 9.36. The van der Waals surface area contributed by atoms with Gasteiger partial charge in [0.2, 0.25) is 11.8 Å². The van der Waals surface area contributed by atoms with Gasteiger partial charge in [-0.05, 0) is 23.0 Å². The third-order valence-corrected chi connectivity index (χ3v) is 5.68. The van der Waals surface area contributed by atoms with E-state index >= 15 is 0 Å². The third-order valence-electron chi connectivity index (χ3n) is 5.68. The van der Waals surface area contributed by atoms with Gasteiger partial charge in [-0.1, -0.05) is 45.0 Å². The highest BCUT2D eigenvalue weighted by atomic mass is 16.4. The summed E-state index contributed by atoms with van der Waals surface area (Å²) in [5.41, 5.74) is 2.17. The molecule has 0 radical (unpaired) electrons. The number of carbonyl (C=O) groups is 3. The Hall–Kier alpha value is -2.37. The smallest absolute Gasteiger partial charge is 0.308 e. The van der Waals surface area contributed by atoms with Crippen LogP contribution < -0.4 is 0 Å². The number of fused-ring (bicyclic) bond motifs is 1. The zero-order chi connectivity index (χ0) is 19.7. The lowest BCUT2D eigenvalue weighted by Gasteiger charge is -2.38. The van der Waals surface area contributed by atoms with Crippen molar-refractivity contribution < 1.29 is 19.5 Å². The number of hydrogen-bond acceptors (Lipinski definition) is 3. The fourth-order valence-electron chi connectivity index (χ4n) is 4.15. The molecule has 1 fully saturated rings. The van der Waals surface area contributed by atoms with E-state index in [2.05, 4.69) is 0 Å². The lowest BCUT2D eigenvalue weighted by Crippen LogP contribution is -2.53. The van der Waals surface area contributed by atoms with Crippen LogP contribution in [0.25, 0.3) is 0 Å². The number of nitrogens with zero attached hydrogens (tertiary/aromatic N) is 2. The van der Waals surface area contributed by atoms with Gasteiger partial charge in [0.25, 0.3) is 0 Å². The summed E-state index contributed by atoms with van der Waals surface area (Å²) < 4.78 is 0. The van der Waals surface area contributed by atoms with Gasteiger partial charge in [0, 0.05) is 32.5 Å². The second-order valence-electron chi connectivity index (χ2n) is 8.27. The molecule has 1 N–H and O–H groups in total. The molecule has 2 amide bonds. The van der Waals surface area contributed by atoms with Crippen molar-refractivity contribution in [3.05, 3.63) is 35.4 Å². The van der Waals surface area contributed by atoms with E-state index in [0.29, 0.717) is 25.9 Å². The highest BCUT2D eigenvalue weighted by molar-refractivity contribution is 5.89. The second-order valence-corrected chi connectivity index (χ2v) is 8.27. The normalized spacial score (nSPS) is 24.8. The molecular formula is C21H28N2O4. The zero-order valence-corrected chi connectivity index (χ0v) is 16.2. The molecule has 6 nitrogen and oxygen atoms in total. The average Bonchev–Trinajstić information content (AvgIpc) is 3.01. The first-order chi connectivity index (χ1) is 12.8. The molecular weight excluding hydrogens is 344 g/mol. The fraction of sp³-hybridized carbons (Fsp3) is 0.571. The lowest BCUT2D eigenvalue weighted by atomic mass is 9.92.